The van der Waals surface area contributed by atoms with Crippen LogP contribution >= 0.6 is 0 Å². The number of aromatic nitrogens is 1. The van der Waals surface area contributed by atoms with E-state index in [1.54, 1.807) is 6.92 Å². The van der Waals surface area contributed by atoms with Crippen LogP contribution in [0.2, 0.25) is 0 Å². The predicted molar refractivity (Wildman–Crippen MR) is 82.9 cm³/mol. The number of carbonyl (C=O) groups is 2. The molecule has 1 amide bonds. The molecule has 1 fully saturated rings. The smallest absolute Gasteiger partial charge is 0.268 e. The van der Waals surface area contributed by atoms with Crippen LogP contribution in [0.3, 0.4) is 0 Å². The van der Waals surface area contributed by atoms with Crippen LogP contribution in [0.4, 0.5) is 0 Å². The Morgan fingerprint density at radius 2 is 1.95 bits per heavy atom. The zero-order valence-electron chi connectivity index (χ0n) is 13.1. The lowest BCUT2D eigenvalue weighted by atomic mass is 10.0. The summed E-state index contributed by atoms with van der Waals surface area (Å²) in [7, 11) is 0. The molecule has 1 aliphatic rings. The maximum absolute atomic E-state index is 12.5. The van der Waals surface area contributed by atoms with Gasteiger partial charge in [-0.05, 0) is 51.8 Å². The lowest BCUT2D eigenvalue weighted by Crippen LogP contribution is -2.43. The summed E-state index contributed by atoms with van der Waals surface area (Å²) in [6, 6.07) is 0.220. The molecule has 0 unspecified atom stereocenters. The van der Waals surface area contributed by atoms with Gasteiger partial charge in [0.1, 0.15) is 5.69 Å². The van der Waals surface area contributed by atoms with Gasteiger partial charge >= 0.3 is 0 Å². The quantitative estimate of drug-likeness (QED) is 0.726. The third kappa shape index (κ3) is 3.53. The number of aromatic amines is 1. The van der Waals surface area contributed by atoms with E-state index in [9.17, 15) is 9.59 Å². The summed E-state index contributed by atoms with van der Waals surface area (Å²) in [6.07, 6.45) is 3.56. The summed E-state index contributed by atoms with van der Waals surface area (Å²) in [4.78, 5) is 27.5. The van der Waals surface area contributed by atoms with Crippen LogP contribution < -0.4 is 10.6 Å². The third-order valence-corrected chi connectivity index (χ3v) is 4.04. The fraction of sp³-hybridized carbons (Fsp3) is 0.625. The first kappa shape index (κ1) is 15.8. The predicted octanol–water partition coefficient (Wildman–Crippen LogP) is 1.96. The minimum absolute atomic E-state index is 0.0214. The Morgan fingerprint density at radius 1 is 1.29 bits per heavy atom. The zero-order chi connectivity index (χ0) is 15.4. The van der Waals surface area contributed by atoms with Crippen molar-refractivity contribution in [3.63, 3.8) is 0 Å². The molecule has 0 atom stereocenters. The van der Waals surface area contributed by atoms with E-state index in [1.807, 2.05) is 6.92 Å². The highest BCUT2D eigenvalue weighted by molar-refractivity contribution is 6.02. The van der Waals surface area contributed by atoms with E-state index >= 15 is 0 Å². The Kier molecular flexibility index (Phi) is 5.17. The van der Waals surface area contributed by atoms with E-state index in [0.717, 1.165) is 50.0 Å². The number of piperidine rings is 1. The van der Waals surface area contributed by atoms with Crippen LogP contribution in [0.5, 0.6) is 0 Å². The molecule has 1 aromatic rings. The van der Waals surface area contributed by atoms with Crippen molar-refractivity contribution >= 4 is 11.7 Å². The minimum Gasteiger partial charge on any atom is -0.354 e. The van der Waals surface area contributed by atoms with E-state index in [2.05, 4.69) is 22.5 Å². The highest BCUT2D eigenvalue weighted by Gasteiger charge is 2.24. The van der Waals surface area contributed by atoms with Gasteiger partial charge in [0, 0.05) is 17.3 Å². The first-order chi connectivity index (χ1) is 10.0. The number of H-pyrrole nitrogens is 1. The molecule has 116 valence electrons. The molecule has 2 heterocycles. The van der Waals surface area contributed by atoms with Crippen molar-refractivity contribution in [1.29, 1.82) is 0 Å². The maximum atomic E-state index is 12.5. The van der Waals surface area contributed by atoms with Gasteiger partial charge in [-0.3, -0.25) is 9.59 Å². The minimum atomic E-state index is -0.0825. The van der Waals surface area contributed by atoms with E-state index in [0.29, 0.717) is 11.3 Å². The van der Waals surface area contributed by atoms with Gasteiger partial charge in [0.15, 0.2) is 5.78 Å². The lowest BCUT2D eigenvalue weighted by molar-refractivity contribution is 0.0924. The monoisotopic (exact) mass is 291 g/mol. The van der Waals surface area contributed by atoms with Gasteiger partial charge < -0.3 is 15.6 Å². The Hall–Kier alpha value is -1.62. The second-order valence-corrected chi connectivity index (χ2v) is 5.78. The van der Waals surface area contributed by atoms with E-state index in [4.69, 9.17) is 0 Å². The Labute approximate surface area is 125 Å². The molecule has 0 aliphatic carbocycles. The molecule has 21 heavy (non-hydrogen) atoms. The molecule has 0 bridgehead atoms. The summed E-state index contributed by atoms with van der Waals surface area (Å²) >= 11 is 0. The molecule has 3 N–H and O–H groups in total. The number of ketones is 1. The highest BCUT2D eigenvalue weighted by atomic mass is 16.2. The molecule has 5 heteroatoms. The fourth-order valence-corrected chi connectivity index (χ4v) is 3.07. The Balaban J connectivity index is 2.23. The fourth-order valence-electron chi connectivity index (χ4n) is 3.07. The van der Waals surface area contributed by atoms with Crippen LogP contribution in [0.25, 0.3) is 0 Å². The molecule has 0 saturated carbocycles. The third-order valence-electron chi connectivity index (χ3n) is 4.04. The summed E-state index contributed by atoms with van der Waals surface area (Å²) in [5.41, 5.74) is 2.92. The lowest BCUT2D eigenvalue weighted by Gasteiger charge is -2.23. The first-order valence-electron chi connectivity index (χ1n) is 7.78. The van der Waals surface area contributed by atoms with Crippen LogP contribution in [0, 0.1) is 6.92 Å². The van der Waals surface area contributed by atoms with Crippen molar-refractivity contribution in [2.45, 2.75) is 52.5 Å². The van der Waals surface area contributed by atoms with Crippen LogP contribution in [0.15, 0.2) is 0 Å². The number of hydrogen-bond acceptors (Lipinski definition) is 3. The number of amides is 1. The van der Waals surface area contributed by atoms with Crippen molar-refractivity contribution < 1.29 is 9.59 Å². The summed E-state index contributed by atoms with van der Waals surface area (Å²) < 4.78 is 0. The SMILES string of the molecule is CCCc1c(C(=O)NC2CCNCC2)[nH]c(C)c1C(C)=O. The maximum Gasteiger partial charge on any atom is 0.268 e. The number of aryl methyl sites for hydroxylation is 1. The van der Waals surface area contributed by atoms with Crippen molar-refractivity contribution in [2.24, 2.45) is 0 Å². The van der Waals surface area contributed by atoms with Gasteiger partial charge in [0.25, 0.3) is 5.91 Å². The molecule has 1 saturated heterocycles. The number of hydrogen-bond donors (Lipinski definition) is 3. The number of carbonyl (C=O) groups excluding carboxylic acids is 2. The molecule has 1 aliphatic heterocycles. The largest absolute Gasteiger partial charge is 0.354 e. The van der Waals surface area contributed by atoms with Gasteiger partial charge in [-0.15, -0.1) is 0 Å². The van der Waals surface area contributed by atoms with Crippen LogP contribution in [-0.4, -0.2) is 35.8 Å². The van der Waals surface area contributed by atoms with Crippen LogP contribution in [-0.2, 0) is 6.42 Å². The molecule has 0 aromatic carbocycles. The van der Waals surface area contributed by atoms with Crippen molar-refractivity contribution in [1.82, 2.24) is 15.6 Å². The number of nitrogens with one attached hydrogen (secondary N) is 3. The highest BCUT2D eigenvalue weighted by Crippen LogP contribution is 2.21. The number of Topliss-reactive ketones (excluding diaryl/α,β-unsaturated/α-hetero) is 1. The second-order valence-electron chi connectivity index (χ2n) is 5.78. The standard InChI is InChI=1S/C16H25N3O2/c1-4-5-13-14(11(3)20)10(2)18-15(13)16(21)19-12-6-8-17-9-7-12/h12,17-18H,4-9H2,1-3H3,(H,19,21). The molecule has 5 nitrogen and oxygen atoms in total. The van der Waals surface area contributed by atoms with Gasteiger partial charge in [0.2, 0.25) is 0 Å². The molecule has 1 aromatic heterocycles. The van der Waals surface area contributed by atoms with E-state index in [1.165, 1.54) is 0 Å². The summed E-state index contributed by atoms with van der Waals surface area (Å²) in [5.74, 6) is -0.0610. The second kappa shape index (κ2) is 6.89. The van der Waals surface area contributed by atoms with Gasteiger partial charge in [-0.25, -0.2) is 0 Å². The van der Waals surface area contributed by atoms with Crippen molar-refractivity contribution in [2.75, 3.05) is 13.1 Å². The first-order valence-corrected chi connectivity index (χ1v) is 7.78. The Bertz CT molecular complexity index is 528. The molecule has 2 rings (SSSR count). The van der Waals surface area contributed by atoms with E-state index < -0.39 is 0 Å². The Morgan fingerprint density at radius 3 is 2.52 bits per heavy atom. The molecular weight excluding hydrogens is 266 g/mol. The number of rotatable bonds is 5. The summed E-state index contributed by atoms with van der Waals surface area (Å²) in [6.45, 7) is 7.35. The average molecular weight is 291 g/mol. The van der Waals surface area contributed by atoms with Gasteiger partial charge in [-0.1, -0.05) is 13.3 Å². The topological polar surface area (TPSA) is 74.0 Å². The normalized spacial score (nSPS) is 16.0. The molecule has 0 spiro atoms. The summed E-state index contributed by atoms with van der Waals surface area (Å²) in [5, 5.41) is 6.38. The van der Waals surface area contributed by atoms with Crippen molar-refractivity contribution in [3.05, 3.63) is 22.5 Å². The van der Waals surface area contributed by atoms with Crippen LogP contribution in [0.1, 0.15) is 65.2 Å². The molecular formula is C16H25N3O2. The van der Waals surface area contributed by atoms with Gasteiger partial charge in [-0.2, -0.15) is 0 Å². The molecule has 0 radical (unpaired) electrons. The average Bonchev–Trinajstić information content (AvgIpc) is 2.77. The van der Waals surface area contributed by atoms with Crippen molar-refractivity contribution in [3.8, 4) is 0 Å². The van der Waals surface area contributed by atoms with E-state index in [-0.39, 0.29) is 17.7 Å². The van der Waals surface area contributed by atoms with Gasteiger partial charge in [0.05, 0.1) is 0 Å². The zero-order valence-corrected chi connectivity index (χ0v) is 13.1.